The number of amides is 3. The number of alkyl halides is 6. The lowest BCUT2D eigenvalue weighted by Gasteiger charge is -2.20. The highest BCUT2D eigenvalue weighted by atomic mass is 79.9. The second-order valence-electron chi connectivity index (χ2n) is 21.2. The van der Waals surface area contributed by atoms with E-state index in [4.69, 9.17) is 9.84 Å². The van der Waals surface area contributed by atoms with Gasteiger partial charge in [-0.05, 0) is 126 Å². The number of phenolic OH excluding ortho intramolecular Hbond substituents is 1. The van der Waals surface area contributed by atoms with Gasteiger partial charge in [-0.2, -0.15) is 0 Å². The van der Waals surface area contributed by atoms with Crippen LogP contribution >= 0.6 is 28.3 Å². The first-order valence-corrected chi connectivity index (χ1v) is 30.8. The molecule has 0 radical (unpaired) electrons. The summed E-state index contributed by atoms with van der Waals surface area (Å²) in [4.78, 5) is 49.7. The molecule has 29 heteroatoms. The predicted octanol–water partition coefficient (Wildman–Crippen LogP) is 11.4. The molecule has 3 aliphatic rings. The van der Waals surface area contributed by atoms with Crippen LogP contribution in [-0.2, 0) is 57.7 Å². The smallest absolute Gasteiger partial charge is 0.508 e. The number of anilines is 2. The molecule has 1 saturated heterocycles. The van der Waals surface area contributed by atoms with Crippen molar-refractivity contribution >= 4 is 77.1 Å². The number of halogens is 10. The van der Waals surface area contributed by atoms with Crippen LogP contribution in [0.1, 0.15) is 75.9 Å². The summed E-state index contributed by atoms with van der Waals surface area (Å²) >= 11 is 3.40. The molecule has 3 amide bonds. The highest BCUT2D eigenvalue weighted by Gasteiger charge is 2.41. The Kier molecular flexibility index (Phi) is 23.4. The molecular formula is C58H62BrClF8N6O11S2. The maximum Gasteiger partial charge on any atom is 0.573 e. The number of fused-ring (bicyclic) bond motifs is 2. The summed E-state index contributed by atoms with van der Waals surface area (Å²) in [5.74, 6) is -4.99. The molecule has 17 nitrogen and oxygen atoms in total. The minimum absolute atomic E-state index is 0. The number of pyridine rings is 2. The molecule has 1 unspecified atom stereocenters. The van der Waals surface area contributed by atoms with Crippen LogP contribution < -0.4 is 34.6 Å². The van der Waals surface area contributed by atoms with Crippen LogP contribution in [0.4, 0.5) is 46.5 Å². The summed E-state index contributed by atoms with van der Waals surface area (Å²) in [6.45, 7) is 9.91. The van der Waals surface area contributed by atoms with Crippen LogP contribution in [0.25, 0.3) is 0 Å². The van der Waals surface area contributed by atoms with Crippen molar-refractivity contribution in [1.82, 2.24) is 20.6 Å². The number of hydrogen-bond donors (Lipinski definition) is 3. The van der Waals surface area contributed by atoms with Gasteiger partial charge < -0.3 is 39.8 Å². The Morgan fingerprint density at radius 1 is 0.678 bits per heavy atom. The number of sulfone groups is 2. The molecule has 0 saturated carbocycles. The Balaban J connectivity index is 0.000000241. The number of nitrogens with one attached hydrogen (secondary N) is 2. The predicted molar refractivity (Wildman–Crippen MR) is 313 cm³/mol. The molecule has 1 atom stereocenters. The van der Waals surface area contributed by atoms with Gasteiger partial charge in [0.05, 0.1) is 38.6 Å². The van der Waals surface area contributed by atoms with E-state index < -0.39 is 66.7 Å². The molecule has 3 aliphatic heterocycles. The monoisotopic (exact) mass is 1350 g/mol. The molecule has 9 rings (SSSR count). The summed E-state index contributed by atoms with van der Waals surface area (Å²) in [5.41, 5.74) is 3.97. The van der Waals surface area contributed by atoms with Gasteiger partial charge in [-0.3, -0.25) is 14.4 Å². The van der Waals surface area contributed by atoms with Gasteiger partial charge in [0.2, 0.25) is 23.6 Å². The summed E-state index contributed by atoms with van der Waals surface area (Å²) in [6, 6.07) is 24.9. The van der Waals surface area contributed by atoms with Gasteiger partial charge in [-0.1, -0.05) is 52.0 Å². The van der Waals surface area contributed by atoms with E-state index in [9.17, 15) is 66.3 Å². The number of carbonyl (C=O) groups is 3. The zero-order chi connectivity index (χ0) is 63.7. The van der Waals surface area contributed by atoms with Crippen LogP contribution in [0, 0.1) is 11.6 Å². The average molecular weight is 1350 g/mol. The van der Waals surface area contributed by atoms with E-state index in [2.05, 4.69) is 59.9 Å². The van der Waals surface area contributed by atoms with Crippen LogP contribution in [0.5, 0.6) is 28.9 Å². The first-order chi connectivity index (χ1) is 39.9. The molecule has 2 aromatic heterocycles. The normalized spacial score (nSPS) is 15.6. The zero-order valence-corrected chi connectivity index (χ0v) is 51.8. The van der Waals surface area contributed by atoms with E-state index in [1.165, 1.54) is 24.5 Å². The second-order valence-corrected chi connectivity index (χ2v) is 26.1. The van der Waals surface area contributed by atoms with Crippen molar-refractivity contribution in [3.63, 3.8) is 0 Å². The van der Waals surface area contributed by atoms with Gasteiger partial charge in [0.1, 0.15) is 16.1 Å². The molecule has 87 heavy (non-hydrogen) atoms. The standard InChI is InChI=1S/C26H24F4N2O5S.C19H21BrN2O3S.C7H4F4O2.C6H12N2O.ClH/c1-25(2)15-32(23(33)13-6-16-4-8-18(9-5-16)38(3,34)35)20-11-12-22(31-24(20)25)36-17-7-10-19(27)21(14-17)37-26(28,29)30;1-19(2)12-22(15-9-10-16(20)21-18(15)19)17(23)11-6-13-4-7-14(8-5-13)26(3,24)25;8-5-2-1-4(12)3-6(5)13-7(9,10)11;1-7-6(9)5-3-2-4-8-5;/h4-5,7-12,14H,6,13,15H2,1-3H3;4-5,7-10H,6,11-12H2,1-3H3;1-3,12H;5,8H,2-4H2,1H3,(H,7,9);1H. The molecule has 4 aromatic carbocycles. The molecule has 0 bridgehead atoms. The van der Waals surface area contributed by atoms with E-state index in [1.54, 1.807) is 59.3 Å². The van der Waals surface area contributed by atoms with Crippen LogP contribution in [0.3, 0.4) is 0 Å². The summed E-state index contributed by atoms with van der Waals surface area (Å²) in [6.07, 6.45) is -4.08. The molecule has 5 heterocycles. The fraction of sp³-hybridized carbons (Fsp3) is 0.362. The van der Waals surface area contributed by atoms with Crippen LogP contribution in [0.2, 0.25) is 0 Å². The van der Waals surface area contributed by atoms with Crippen LogP contribution in [0.15, 0.2) is 124 Å². The van der Waals surface area contributed by atoms with Gasteiger partial charge in [-0.15, -0.1) is 38.7 Å². The van der Waals surface area contributed by atoms with Crippen molar-refractivity contribution < 1.29 is 85.7 Å². The molecule has 3 N–H and O–H groups in total. The molecular weight excluding hydrogens is 1290 g/mol. The summed E-state index contributed by atoms with van der Waals surface area (Å²) in [7, 11) is -4.84. The molecule has 0 aliphatic carbocycles. The van der Waals surface area contributed by atoms with Crippen molar-refractivity contribution in [3.05, 3.63) is 148 Å². The molecule has 1 fully saturated rings. The largest absolute Gasteiger partial charge is 0.573 e. The lowest BCUT2D eigenvalue weighted by Crippen LogP contribution is -2.38. The summed E-state index contributed by atoms with van der Waals surface area (Å²) in [5, 5.41) is 14.4. The number of likely N-dealkylation sites (N-methyl/N-ethyl adjacent to an activating group) is 1. The molecule has 0 spiro atoms. The number of aromatic nitrogens is 2. The van der Waals surface area contributed by atoms with Crippen molar-refractivity contribution in [3.8, 4) is 28.9 Å². The number of benzene rings is 4. The van der Waals surface area contributed by atoms with E-state index in [0.717, 1.165) is 77.0 Å². The quantitative estimate of drug-likeness (QED) is 0.0723. The third-order valence-electron chi connectivity index (χ3n) is 13.3. The summed E-state index contributed by atoms with van der Waals surface area (Å²) < 4.78 is 158. The zero-order valence-electron chi connectivity index (χ0n) is 47.8. The number of phenols is 1. The van der Waals surface area contributed by atoms with Gasteiger partial charge in [0.15, 0.2) is 42.8 Å². The van der Waals surface area contributed by atoms with E-state index in [-0.39, 0.29) is 64.5 Å². The fourth-order valence-electron chi connectivity index (χ4n) is 9.13. The number of nitrogens with zero attached hydrogens (tertiary/aromatic N) is 4. The number of aryl methyl sites for hydroxylation is 2. The number of aromatic hydroxyl groups is 1. The Morgan fingerprint density at radius 3 is 1.56 bits per heavy atom. The minimum Gasteiger partial charge on any atom is -0.508 e. The van der Waals surface area contributed by atoms with Gasteiger partial charge in [0.25, 0.3) is 0 Å². The average Bonchev–Trinajstić information content (AvgIpc) is 2.14. The Bertz CT molecular complexity index is 3650. The van der Waals surface area contributed by atoms with Crippen molar-refractivity contribution in [1.29, 1.82) is 0 Å². The van der Waals surface area contributed by atoms with Gasteiger partial charge in [-0.25, -0.2) is 35.6 Å². The minimum atomic E-state index is -5.06. The fourth-order valence-corrected chi connectivity index (χ4v) is 10.7. The Morgan fingerprint density at radius 2 is 1.13 bits per heavy atom. The first kappa shape index (κ1) is 70.6. The van der Waals surface area contributed by atoms with E-state index in [0.29, 0.717) is 60.8 Å². The Labute approximate surface area is 512 Å². The number of ether oxygens (including phenoxy) is 3. The van der Waals surface area contributed by atoms with Gasteiger partial charge in [0, 0.05) is 74.5 Å². The van der Waals surface area contributed by atoms with Crippen molar-refractivity contribution in [2.45, 2.75) is 106 Å². The first-order valence-electron chi connectivity index (χ1n) is 26.2. The lowest BCUT2D eigenvalue weighted by molar-refractivity contribution is -0.276. The van der Waals surface area contributed by atoms with Gasteiger partial charge >= 0.3 is 12.7 Å². The Hall–Kier alpha value is -7.14. The maximum atomic E-state index is 13.7. The molecule has 472 valence electrons. The van der Waals surface area contributed by atoms with Crippen molar-refractivity contribution in [2.75, 3.05) is 49.0 Å². The van der Waals surface area contributed by atoms with Crippen LogP contribution in [-0.4, -0.2) is 108 Å². The van der Waals surface area contributed by atoms with E-state index in [1.807, 2.05) is 26.0 Å². The second kappa shape index (κ2) is 28.8. The molecule has 6 aromatic rings. The highest BCUT2D eigenvalue weighted by Crippen LogP contribution is 2.43. The number of hydrogen-bond acceptors (Lipinski definition) is 14. The maximum absolute atomic E-state index is 13.7. The SMILES string of the molecule is CC1(C)CN(C(=O)CCc2ccc(S(C)(=O)=O)cc2)c2ccc(Br)nc21.CC1(C)CN(C(=O)CCc2ccc(S(C)(=O)=O)cc2)c2ccc(Oc3ccc(F)c(OC(F)(F)F)c3)nc21.CNC(=O)C1CCCN1.Cl.Oc1ccc(F)c(OC(F)(F)F)c1. The lowest BCUT2D eigenvalue weighted by atomic mass is 9.91. The third kappa shape index (κ3) is 20.2. The third-order valence-corrected chi connectivity index (χ3v) is 16.0. The number of carbonyl (C=O) groups excluding carboxylic acids is 3. The van der Waals surface area contributed by atoms with E-state index >= 15 is 0 Å². The highest BCUT2D eigenvalue weighted by molar-refractivity contribution is 9.10. The number of rotatable bonds is 13. The topological polar surface area (TPSA) is 224 Å². The van der Waals surface area contributed by atoms with Crippen molar-refractivity contribution in [2.24, 2.45) is 0 Å².